The molecule has 0 amide bonds. The summed E-state index contributed by atoms with van der Waals surface area (Å²) in [6, 6.07) is 3.27. The molecule has 18 heavy (non-hydrogen) atoms. The van der Waals surface area contributed by atoms with Gasteiger partial charge in [0, 0.05) is 6.04 Å². The van der Waals surface area contributed by atoms with Crippen LogP contribution in [0.15, 0.2) is 23.1 Å². The third-order valence-electron chi connectivity index (χ3n) is 2.94. The maximum atomic E-state index is 13.0. The van der Waals surface area contributed by atoms with Gasteiger partial charge in [-0.05, 0) is 38.6 Å². The second kappa shape index (κ2) is 5.99. The lowest BCUT2D eigenvalue weighted by Gasteiger charge is -2.21. The Morgan fingerprint density at radius 3 is 2.50 bits per heavy atom. The first-order valence-corrected chi connectivity index (χ1v) is 7.65. The van der Waals surface area contributed by atoms with Crippen molar-refractivity contribution in [3.8, 4) is 0 Å². The molecule has 0 aliphatic carbocycles. The summed E-state index contributed by atoms with van der Waals surface area (Å²) < 4.78 is 37.6. The van der Waals surface area contributed by atoms with Gasteiger partial charge in [-0.2, -0.15) is 0 Å². The fraction of sp³-hybridized carbons (Fsp3) is 0.500. The van der Waals surface area contributed by atoms with Crippen molar-refractivity contribution in [2.24, 2.45) is 0 Å². The molecule has 0 saturated carbocycles. The number of rotatable bonds is 5. The van der Waals surface area contributed by atoms with Gasteiger partial charge in [-0.15, -0.1) is 0 Å². The van der Waals surface area contributed by atoms with Crippen molar-refractivity contribution in [3.63, 3.8) is 0 Å². The zero-order valence-electron chi connectivity index (χ0n) is 10.6. The molecule has 0 aliphatic rings. The highest BCUT2D eigenvalue weighted by Crippen LogP contribution is 2.23. The third-order valence-corrected chi connectivity index (χ3v) is 5.53. The van der Waals surface area contributed by atoms with Crippen LogP contribution in [0, 0.1) is 5.82 Å². The number of hydrogen-bond donors (Lipinski definition) is 1. The molecule has 1 rings (SSSR count). The van der Waals surface area contributed by atoms with Crippen LogP contribution < -0.4 is 5.32 Å². The molecule has 0 fully saturated rings. The number of nitrogens with one attached hydrogen (secondary N) is 1. The van der Waals surface area contributed by atoms with Crippen LogP contribution >= 0.6 is 11.6 Å². The van der Waals surface area contributed by atoms with Crippen molar-refractivity contribution in [1.82, 2.24) is 5.32 Å². The topological polar surface area (TPSA) is 46.2 Å². The molecule has 6 heteroatoms. The average molecular weight is 294 g/mol. The highest BCUT2D eigenvalue weighted by atomic mass is 35.5. The van der Waals surface area contributed by atoms with E-state index in [1.807, 2.05) is 6.92 Å². The monoisotopic (exact) mass is 293 g/mol. The molecular formula is C12H17ClFNO2S. The van der Waals surface area contributed by atoms with E-state index in [2.05, 4.69) is 5.32 Å². The maximum Gasteiger partial charge on any atom is 0.182 e. The normalized spacial score (nSPS) is 15.4. The highest BCUT2D eigenvalue weighted by Gasteiger charge is 2.28. The molecule has 1 aromatic carbocycles. The molecule has 0 heterocycles. The predicted octanol–water partition coefficient (Wildman–Crippen LogP) is 2.64. The third kappa shape index (κ3) is 3.22. The second-order valence-corrected chi connectivity index (χ2v) is 6.88. The lowest BCUT2D eigenvalue weighted by atomic mass is 10.2. The Bertz CT molecular complexity index is 519. The summed E-state index contributed by atoms with van der Waals surface area (Å²) in [5.41, 5.74) is 0. The zero-order chi connectivity index (χ0) is 13.9. The van der Waals surface area contributed by atoms with E-state index in [0.29, 0.717) is 6.54 Å². The fourth-order valence-electron chi connectivity index (χ4n) is 1.63. The molecule has 0 saturated heterocycles. The summed E-state index contributed by atoms with van der Waals surface area (Å²) in [6.07, 6.45) is 0. The molecular weight excluding hydrogens is 277 g/mol. The largest absolute Gasteiger partial charge is 0.313 e. The van der Waals surface area contributed by atoms with E-state index in [1.54, 1.807) is 13.8 Å². The lowest BCUT2D eigenvalue weighted by molar-refractivity contribution is 0.520. The summed E-state index contributed by atoms with van der Waals surface area (Å²) in [4.78, 5) is 0.0474. The summed E-state index contributed by atoms with van der Waals surface area (Å²) in [5.74, 6) is -0.622. The SMILES string of the molecule is CCNC(C)C(C)S(=O)(=O)c1ccc(F)c(Cl)c1. The summed E-state index contributed by atoms with van der Waals surface area (Å²) in [5, 5.41) is 2.27. The Hall–Kier alpha value is -0.650. The second-order valence-electron chi connectivity index (χ2n) is 4.17. The Morgan fingerprint density at radius 2 is 2.00 bits per heavy atom. The van der Waals surface area contributed by atoms with Gasteiger partial charge in [-0.1, -0.05) is 18.5 Å². The quantitative estimate of drug-likeness (QED) is 0.849. The number of benzene rings is 1. The minimum absolute atomic E-state index is 0.0474. The standard InChI is InChI=1S/C12H17ClFNO2S/c1-4-15-8(2)9(3)18(16,17)10-5-6-12(14)11(13)7-10/h5-9,15H,4H2,1-3H3. The Morgan fingerprint density at radius 1 is 1.39 bits per heavy atom. The first kappa shape index (κ1) is 15.4. The van der Waals surface area contributed by atoms with E-state index >= 15 is 0 Å². The van der Waals surface area contributed by atoms with Crippen molar-refractivity contribution in [3.05, 3.63) is 29.0 Å². The smallest absolute Gasteiger partial charge is 0.182 e. The van der Waals surface area contributed by atoms with Crippen molar-refractivity contribution in [2.45, 2.75) is 37.0 Å². The number of halogens is 2. The summed E-state index contributed by atoms with van der Waals surface area (Å²) >= 11 is 5.61. The molecule has 2 atom stereocenters. The van der Waals surface area contributed by atoms with Crippen LogP contribution in [0.4, 0.5) is 4.39 Å². The van der Waals surface area contributed by atoms with Crippen molar-refractivity contribution >= 4 is 21.4 Å². The molecule has 1 aromatic rings. The molecule has 0 spiro atoms. The van der Waals surface area contributed by atoms with E-state index in [-0.39, 0.29) is 16.0 Å². The molecule has 0 aliphatic heterocycles. The average Bonchev–Trinajstić information content (AvgIpc) is 2.31. The Labute approximate surface area is 112 Å². The van der Waals surface area contributed by atoms with Gasteiger partial charge in [-0.3, -0.25) is 0 Å². The molecule has 1 N–H and O–H groups in total. The van der Waals surface area contributed by atoms with Gasteiger partial charge in [-0.25, -0.2) is 12.8 Å². The van der Waals surface area contributed by atoms with Crippen LogP contribution in [0.3, 0.4) is 0 Å². The Balaban J connectivity index is 3.09. The number of sulfone groups is 1. The molecule has 0 bridgehead atoms. The lowest BCUT2D eigenvalue weighted by Crippen LogP contribution is -2.40. The van der Waals surface area contributed by atoms with Gasteiger partial charge >= 0.3 is 0 Å². The van der Waals surface area contributed by atoms with E-state index in [4.69, 9.17) is 11.6 Å². The maximum absolute atomic E-state index is 13.0. The van der Waals surface area contributed by atoms with Gasteiger partial charge in [0.2, 0.25) is 0 Å². The summed E-state index contributed by atoms with van der Waals surface area (Å²) in [6.45, 7) is 6.02. The van der Waals surface area contributed by atoms with Crippen LogP contribution in [0.5, 0.6) is 0 Å². The minimum Gasteiger partial charge on any atom is -0.313 e. The molecule has 0 aromatic heterocycles. The van der Waals surface area contributed by atoms with Crippen molar-refractivity contribution in [2.75, 3.05) is 6.54 Å². The van der Waals surface area contributed by atoms with E-state index in [9.17, 15) is 12.8 Å². The van der Waals surface area contributed by atoms with Crippen LogP contribution in [-0.2, 0) is 9.84 Å². The Kier molecular flexibility index (Phi) is 5.13. The summed E-state index contributed by atoms with van der Waals surface area (Å²) in [7, 11) is -3.51. The molecule has 3 nitrogen and oxygen atoms in total. The van der Waals surface area contributed by atoms with Crippen LogP contribution in [-0.4, -0.2) is 26.3 Å². The predicted molar refractivity (Wildman–Crippen MR) is 71.2 cm³/mol. The molecule has 102 valence electrons. The molecule has 2 unspecified atom stereocenters. The van der Waals surface area contributed by atoms with E-state index in [0.717, 1.165) is 12.1 Å². The van der Waals surface area contributed by atoms with Crippen molar-refractivity contribution < 1.29 is 12.8 Å². The molecule has 0 radical (unpaired) electrons. The van der Waals surface area contributed by atoms with Crippen LogP contribution in [0.1, 0.15) is 20.8 Å². The van der Waals surface area contributed by atoms with Gasteiger partial charge in [0.15, 0.2) is 9.84 Å². The fourth-order valence-corrected chi connectivity index (χ4v) is 3.47. The first-order chi connectivity index (χ1) is 8.30. The van der Waals surface area contributed by atoms with Gasteiger partial charge in [0.05, 0.1) is 15.2 Å². The highest BCUT2D eigenvalue weighted by molar-refractivity contribution is 7.92. The van der Waals surface area contributed by atoms with Crippen molar-refractivity contribution in [1.29, 1.82) is 0 Å². The van der Waals surface area contributed by atoms with E-state index < -0.39 is 20.9 Å². The first-order valence-electron chi connectivity index (χ1n) is 5.73. The van der Waals surface area contributed by atoms with E-state index in [1.165, 1.54) is 6.07 Å². The van der Waals surface area contributed by atoms with Crippen LogP contribution in [0.2, 0.25) is 5.02 Å². The minimum atomic E-state index is -3.51. The van der Waals surface area contributed by atoms with Gasteiger partial charge < -0.3 is 5.32 Å². The zero-order valence-corrected chi connectivity index (χ0v) is 12.1. The number of hydrogen-bond acceptors (Lipinski definition) is 3. The van der Waals surface area contributed by atoms with Gasteiger partial charge in [0.1, 0.15) is 5.82 Å². The van der Waals surface area contributed by atoms with Crippen LogP contribution in [0.25, 0.3) is 0 Å². The van der Waals surface area contributed by atoms with Gasteiger partial charge in [0.25, 0.3) is 0 Å².